The first-order valence-electron chi connectivity index (χ1n) is 5.74. The maximum Gasteiger partial charge on any atom is 0.257 e. The van der Waals surface area contributed by atoms with E-state index in [0.29, 0.717) is 5.17 Å². The maximum absolute atomic E-state index is 9.45. The Morgan fingerprint density at radius 1 is 1.19 bits per heavy atom. The summed E-state index contributed by atoms with van der Waals surface area (Å²) >= 11 is 5.03. The van der Waals surface area contributed by atoms with Gasteiger partial charge in [0, 0.05) is 0 Å². The van der Waals surface area contributed by atoms with Gasteiger partial charge in [-0.25, -0.2) is 0 Å². The van der Waals surface area contributed by atoms with Gasteiger partial charge in [-0.15, -0.1) is 0 Å². The molecule has 0 aliphatic heterocycles. The number of aliphatic hydroxyl groups excluding tert-OH is 1. The number of hydrogen-bond acceptors (Lipinski definition) is 3. The summed E-state index contributed by atoms with van der Waals surface area (Å²) in [6.45, 7) is 15.2. The molecule has 3 nitrogen and oxygen atoms in total. The summed E-state index contributed by atoms with van der Waals surface area (Å²) in [5.41, 5.74) is -0.777. The molecule has 0 amide bonds. The van der Waals surface area contributed by atoms with Crippen LogP contribution in [0.5, 0.6) is 0 Å². The zero-order valence-electron chi connectivity index (χ0n) is 11.8. The van der Waals surface area contributed by atoms with Gasteiger partial charge in [-0.1, -0.05) is 13.8 Å². The van der Waals surface area contributed by atoms with Crippen molar-refractivity contribution in [2.45, 2.75) is 72.6 Å². The lowest BCUT2D eigenvalue weighted by Crippen LogP contribution is -2.52. The molecule has 0 aliphatic rings. The van der Waals surface area contributed by atoms with Gasteiger partial charge >= 0.3 is 0 Å². The molecule has 1 atom stereocenters. The smallest absolute Gasteiger partial charge is 0.257 e. The van der Waals surface area contributed by atoms with Crippen LogP contribution in [0, 0.1) is 0 Å². The summed E-state index contributed by atoms with van der Waals surface area (Å²) in [4.78, 5) is 0. The molecule has 0 spiro atoms. The van der Waals surface area contributed by atoms with Crippen LogP contribution in [-0.2, 0) is 4.74 Å². The molecule has 0 rings (SSSR count). The first kappa shape index (κ1) is 18.0. The first-order chi connectivity index (χ1) is 7.04. The molecule has 0 saturated heterocycles. The van der Waals surface area contributed by atoms with Crippen molar-refractivity contribution in [2.75, 3.05) is 0 Å². The molecule has 4 heteroatoms. The Labute approximate surface area is 106 Å². The van der Waals surface area contributed by atoms with Crippen molar-refractivity contribution in [3.63, 3.8) is 0 Å². The van der Waals surface area contributed by atoms with Crippen LogP contribution in [0.1, 0.15) is 55.4 Å². The van der Waals surface area contributed by atoms with E-state index < -0.39 is 11.6 Å². The standard InChI is InChI=1S/C10H21NO2S.C2H6/c1-7(12)10(5,6)11-8(14)13-9(2,3)4;1-2/h7,12H,1-6H3,(H,11,14);1-2H3. The van der Waals surface area contributed by atoms with E-state index in [2.05, 4.69) is 5.32 Å². The zero-order valence-corrected chi connectivity index (χ0v) is 12.7. The van der Waals surface area contributed by atoms with E-state index in [0.717, 1.165) is 0 Å². The fourth-order valence-electron chi connectivity index (χ4n) is 0.671. The van der Waals surface area contributed by atoms with Crippen LogP contribution in [0.3, 0.4) is 0 Å². The third kappa shape index (κ3) is 8.92. The van der Waals surface area contributed by atoms with Crippen molar-refractivity contribution in [1.29, 1.82) is 0 Å². The molecule has 0 radical (unpaired) electrons. The number of rotatable bonds is 2. The lowest BCUT2D eigenvalue weighted by Gasteiger charge is -2.32. The fraction of sp³-hybridized carbons (Fsp3) is 0.917. The molecule has 0 bridgehead atoms. The molecule has 0 aliphatic carbocycles. The second-order valence-electron chi connectivity index (χ2n) is 5.02. The molecule has 98 valence electrons. The predicted octanol–water partition coefficient (Wildman–Crippen LogP) is 2.86. The minimum atomic E-state index is -0.496. The minimum absolute atomic E-state index is 0.307. The van der Waals surface area contributed by atoms with Gasteiger partial charge in [-0.2, -0.15) is 0 Å². The Hall–Kier alpha value is -0.350. The third-order valence-electron chi connectivity index (χ3n) is 1.87. The Balaban J connectivity index is 0. The van der Waals surface area contributed by atoms with Crippen LogP contribution < -0.4 is 5.32 Å². The molecule has 0 aromatic rings. The van der Waals surface area contributed by atoms with E-state index >= 15 is 0 Å². The summed E-state index contributed by atoms with van der Waals surface area (Å²) in [5, 5.41) is 12.7. The highest BCUT2D eigenvalue weighted by Gasteiger charge is 2.26. The van der Waals surface area contributed by atoms with Crippen LogP contribution in [0.2, 0.25) is 0 Å². The Morgan fingerprint density at radius 2 is 1.56 bits per heavy atom. The summed E-state index contributed by atoms with van der Waals surface area (Å²) in [7, 11) is 0. The van der Waals surface area contributed by atoms with Crippen molar-refractivity contribution in [1.82, 2.24) is 5.32 Å². The van der Waals surface area contributed by atoms with Crippen LogP contribution in [0.15, 0.2) is 0 Å². The lowest BCUT2D eigenvalue weighted by molar-refractivity contribution is 0.0814. The third-order valence-corrected chi connectivity index (χ3v) is 2.05. The summed E-state index contributed by atoms with van der Waals surface area (Å²) in [5.74, 6) is 0. The van der Waals surface area contributed by atoms with Crippen molar-refractivity contribution < 1.29 is 9.84 Å². The van der Waals surface area contributed by atoms with Gasteiger partial charge in [0.15, 0.2) is 0 Å². The van der Waals surface area contributed by atoms with E-state index in [1.54, 1.807) is 6.92 Å². The molecular formula is C12H27NO2S. The van der Waals surface area contributed by atoms with E-state index in [4.69, 9.17) is 17.0 Å². The van der Waals surface area contributed by atoms with Gasteiger partial charge in [-0.3, -0.25) is 0 Å². The number of ether oxygens (including phenoxy) is 1. The second kappa shape index (κ2) is 7.07. The number of thiocarbonyl (C=S) groups is 1. The highest BCUT2D eigenvalue weighted by Crippen LogP contribution is 2.12. The molecule has 0 saturated carbocycles. The topological polar surface area (TPSA) is 41.5 Å². The molecule has 16 heavy (non-hydrogen) atoms. The van der Waals surface area contributed by atoms with Crippen molar-refractivity contribution in [3.8, 4) is 0 Å². The molecular weight excluding hydrogens is 222 g/mol. The van der Waals surface area contributed by atoms with Gasteiger partial charge in [0.1, 0.15) is 5.60 Å². The van der Waals surface area contributed by atoms with Gasteiger partial charge < -0.3 is 15.2 Å². The van der Waals surface area contributed by atoms with Gasteiger partial charge in [-0.05, 0) is 53.8 Å². The average Bonchev–Trinajstić information content (AvgIpc) is 2.02. The predicted molar refractivity (Wildman–Crippen MR) is 73.7 cm³/mol. The fourth-order valence-corrected chi connectivity index (χ4v) is 1.18. The van der Waals surface area contributed by atoms with Crippen LogP contribution in [0.25, 0.3) is 0 Å². The van der Waals surface area contributed by atoms with Gasteiger partial charge in [0.05, 0.1) is 11.6 Å². The normalized spacial score (nSPS) is 13.3. The summed E-state index contributed by atoms with van der Waals surface area (Å²) < 4.78 is 5.43. The average molecular weight is 249 g/mol. The molecule has 2 N–H and O–H groups in total. The SMILES string of the molecule is CC.CC(O)C(C)(C)NC(=S)OC(C)(C)C. The second-order valence-corrected chi connectivity index (χ2v) is 5.40. The van der Waals surface area contributed by atoms with E-state index in [-0.39, 0.29) is 5.60 Å². The van der Waals surface area contributed by atoms with Crippen molar-refractivity contribution in [2.24, 2.45) is 0 Å². The maximum atomic E-state index is 9.45. The Morgan fingerprint density at radius 3 is 1.81 bits per heavy atom. The number of nitrogens with one attached hydrogen (secondary N) is 1. The highest BCUT2D eigenvalue weighted by atomic mass is 32.1. The van der Waals surface area contributed by atoms with Gasteiger partial charge in [0.25, 0.3) is 5.17 Å². The van der Waals surface area contributed by atoms with Gasteiger partial charge in [0.2, 0.25) is 0 Å². The quantitative estimate of drug-likeness (QED) is 0.738. The zero-order chi connectivity index (χ0) is 13.6. The summed E-state index contributed by atoms with van der Waals surface area (Å²) in [6.07, 6.45) is -0.496. The highest BCUT2D eigenvalue weighted by molar-refractivity contribution is 7.80. The number of hydrogen-bond donors (Lipinski definition) is 2. The number of aliphatic hydroxyl groups is 1. The monoisotopic (exact) mass is 249 g/mol. The molecule has 0 aromatic heterocycles. The van der Waals surface area contributed by atoms with Crippen LogP contribution in [-0.4, -0.2) is 27.5 Å². The van der Waals surface area contributed by atoms with E-state index in [1.807, 2.05) is 48.5 Å². The molecule has 0 aromatic carbocycles. The summed E-state index contributed by atoms with van der Waals surface area (Å²) in [6, 6.07) is 0. The molecule has 1 unspecified atom stereocenters. The first-order valence-corrected chi connectivity index (χ1v) is 6.14. The Bertz CT molecular complexity index is 208. The Kier molecular flexibility index (Phi) is 7.96. The van der Waals surface area contributed by atoms with E-state index in [9.17, 15) is 5.11 Å². The van der Waals surface area contributed by atoms with Crippen LogP contribution >= 0.6 is 12.2 Å². The van der Waals surface area contributed by atoms with Crippen LogP contribution in [0.4, 0.5) is 0 Å². The minimum Gasteiger partial charge on any atom is -0.465 e. The van der Waals surface area contributed by atoms with Crippen molar-refractivity contribution >= 4 is 17.4 Å². The van der Waals surface area contributed by atoms with Crippen molar-refractivity contribution in [3.05, 3.63) is 0 Å². The van der Waals surface area contributed by atoms with E-state index in [1.165, 1.54) is 0 Å². The lowest BCUT2D eigenvalue weighted by atomic mass is 9.99. The molecule has 0 heterocycles. The largest absolute Gasteiger partial charge is 0.465 e. The molecule has 0 fully saturated rings.